The highest BCUT2D eigenvalue weighted by Gasteiger charge is 2.35. The molecule has 0 atom stereocenters. The zero-order valence-corrected chi connectivity index (χ0v) is 14.5. The maximum atomic E-state index is 12.2. The highest BCUT2D eigenvalue weighted by molar-refractivity contribution is 7.91. The molecule has 0 saturated carbocycles. The Morgan fingerprint density at radius 1 is 1.27 bits per heavy atom. The molecule has 5 nitrogen and oxygen atoms in total. The van der Waals surface area contributed by atoms with Gasteiger partial charge in [0, 0.05) is 5.69 Å². The lowest BCUT2D eigenvalue weighted by atomic mass is 9.81. The Morgan fingerprint density at radius 3 is 2.50 bits per heavy atom. The van der Waals surface area contributed by atoms with E-state index in [0.717, 1.165) is 5.56 Å². The molecular weight excluding hydrogens is 302 g/mol. The average molecular weight is 325 g/mol. The van der Waals surface area contributed by atoms with E-state index in [-0.39, 0.29) is 11.2 Å². The van der Waals surface area contributed by atoms with Crippen molar-refractivity contribution in [3.63, 3.8) is 0 Å². The van der Waals surface area contributed by atoms with Gasteiger partial charge in [0.1, 0.15) is 5.60 Å². The third-order valence-corrected chi connectivity index (χ3v) is 5.45. The molecule has 0 aliphatic carbocycles. The Labute approximate surface area is 132 Å². The third-order valence-electron chi connectivity index (χ3n) is 3.68. The second-order valence-electron chi connectivity index (χ2n) is 7.29. The van der Waals surface area contributed by atoms with Crippen LogP contribution in [0, 0.1) is 0 Å². The van der Waals surface area contributed by atoms with Gasteiger partial charge in [-0.1, -0.05) is 13.8 Å². The number of hydrogen-bond donors (Lipinski definition) is 1. The van der Waals surface area contributed by atoms with E-state index in [2.05, 4.69) is 5.32 Å². The molecule has 22 heavy (non-hydrogen) atoms. The van der Waals surface area contributed by atoms with Crippen LogP contribution in [0.5, 0.6) is 0 Å². The van der Waals surface area contributed by atoms with Crippen LogP contribution in [0.1, 0.15) is 46.6 Å². The Balaban J connectivity index is 2.33. The molecule has 0 fully saturated rings. The van der Waals surface area contributed by atoms with E-state index in [9.17, 15) is 13.2 Å². The number of carbonyl (C=O) groups excluding carboxylic acids is 1. The molecule has 0 radical (unpaired) electrons. The third kappa shape index (κ3) is 3.61. The van der Waals surface area contributed by atoms with Gasteiger partial charge in [-0.05, 0) is 56.4 Å². The summed E-state index contributed by atoms with van der Waals surface area (Å²) in [4.78, 5) is 12.2. The topological polar surface area (TPSA) is 72.5 Å². The van der Waals surface area contributed by atoms with Crippen LogP contribution >= 0.6 is 0 Å². The summed E-state index contributed by atoms with van der Waals surface area (Å²) in [6.07, 6.45) is 0.0158. The fraction of sp³-hybridized carbons (Fsp3) is 0.562. The smallest absolute Gasteiger partial charge is 0.412 e. The van der Waals surface area contributed by atoms with E-state index in [1.165, 1.54) is 0 Å². The number of amides is 1. The first-order valence-electron chi connectivity index (χ1n) is 7.28. The Bertz CT molecular complexity index is 699. The summed E-state index contributed by atoms with van der Waals surface area (Å²) in [7, 11) is -3.23. The van der Waals surface area contributed by atoms with E-state index < -0.39 is 21.5 Å². The van der Waals surface area contributed by atoms with Crippen LogP contribution in [-0.4, -0.2) is 25.9 Å². The van der Waals surface area contributed by atoms with Gasteiger partial charge < -0.3 is 4.74 Å². The molecule has 122 valence electrons. The van der Waals surface area contributed by atoms with Gasteiger partial charge in [-0.2, -0.15) is 0 Å². The van der Waals surface area contributed by atoms with Gasteiger partial charge in [0.25, 0.3) is 0 Å². The largest absolute Gasteiger partial charge is 0.444 e. The molecule has 0 unspecified atom stereocenters. The zero-order chi connectivity index (χ0) is 16.8. The van der Waals surface area contributed by atoms with Crippen molar-refractivity contribution in [1.29, 1.82) is 0 Å². The van der Waals surface area contributed by atoms with Crippen LogP contribution in [0.2, 0.25) is 0 Å². The quantitative estimate of drug-likeness (QED) is 0.858. The molecule has 0 aromatic heterocycles. The monoisotopic (exact) mass is 325 g/mol. The highest BCUT2D eigenvalue weighted by Crippen LogP contribution is 2.39. The van der Waals surface area contributed by atoms with Gasteiger partial charge in [-0.3, -0.25) is 5.32 Å². The summed E-state index contributed by atoms with van der Waals surface area (Å²) in [6.45, 7) is 9.38. The number of ether oxygens (including phenoxy) is 1. The van der Waals surface area contributed by atoms with Gasteiger partial charge in [-0.25, -0.2) is 13.2 Å². The molecule has 0 bridgehead atoms. The Hall–Kier alpha value is -1.56. The molecular formula is C16H23NO4S. The van der Waals surface area contributed by atoms with E-state index >= 15 is 0 Å². The fourth-order valence-corrected chi connectivity index (χ4v) is 4.41. The maximum Gasteiger partial charge on any atom is 0.412 e. The van der Waals surface area contributed by atoms with Crippen molar-refractivity contribution in [2.75, 3.05) is 11.1 Å². The predicted molar refractivity (Wildman–Crippen MR) is 86.0 cm³/mol. The maximum absolute atomic E-state index is 12.2. The molecule has 6 heteroatoms. The number of nitrogens with one attached hydrogen (secondary N) is 1. The van der Waals surface area contributed by atoms with E-state index in [4.69, 9.17) is 4.74 Å². The summed E-state index contributed by atoms with van der Waals surface area (Å²) in [5, 5.41) is 2.66. The minimum atomic E-state index is -3.23. The molecule has 1 aromatic carbocycles. The highest BCUT2D eigenvalue weighted by atomic mass is 32.2. The lowest BCUT2D eigenvalue weighted by Crippen LogP contribution is -2.31. The number of benzene rings is 1. The molecule has 1 aliphatic rings. The number of rotatable bonds is 1. The van der Waals surface area contributed by atoms with Gasteiger partial charge >= 0.3 is 6.09 Å². The number of anilines is 1. The van der Waals surface area contributed by atoms with E-state index in [1.807, 2.05) is 13.8 Å². The predicted octanol–water partition coefficient (Wildman–Crippen LogP) is 3.49. The van der Waals surface area contributed by atoms with Gasteiger partial charge in [0.05, 0.1) is 10.6 Å². The second-order valence-corrected chi connectivity index (χ2v) is 9.37. The van der Waals surface area contributed by atoms with Gasteiger partial charge in [0.2, 0.25) is 0 Å². The first-order valence-corrected chi connectivity index (χ1v) is 8.93. The van der Waals surface area contributed by atoms with Crippen LogP contribution < -0.4 is 5.32 Å². The lowest BCUT2D eigenvalue weighted by Gasteiger charge is -2.32. The Morgan fingerprint density at radius 2 is 1.91 bits per heavy atom. The minimum absolute atomic E-state index is 0.159. The summed E-state index contributed by atoms with van der Waals surface area (Å²) in [6, 6.07) is 4.90. The van der Waals surface area contributed by atoms with Gasteiger partial charge in [0.15, 0.2) is 9.84 Å². The Kier molecular flexibility index (Phi) is 4.02. The molecule has 2 rings (SSSR count). The molecule has 1 aromatic rings. The van der Waals surface area contributed by atoms with Crippen molar-refractivity contribution in [3.8, 4) is 0 Å². The second kappa shape index (κ2) is 5.26. The van der Waals surface area contributed by atoms with Crippen LogP contribution in [0.15, 0.2) is 23.1 Å². The summed E-state index contributed by atoms with van der Waals surface area (Å²) in [5.74, 6) is 0.159. The fourth-order valence-electron chi connectivity index (χ4n) is 2.46. The molecule has 0 spiro atoms. The number of carbonyl (C=O) groups is 1. The molecule has 0 saturated heterocycles. The lowest BCUT2D eigenvalue weighted by molar-refractivity contribution is 0.0636. The molecule has 1 N–H and O–H groups in total. The minimum Gasteiger partial charge on any atom is -0.444 e. The van der Waals surface area contributed by atoms with Crippen LogP contribution in [0.4, 0.5) is 10.5 Å². The number of hydrogen-bond acceptors (Lipinski definition) is 4. The van der Waals surface area contributed by atoms with Crippen molar-refractivity contribution in [2.24, 2.45) is 0 Å². The average Bonchev–Trinajstić information content (AvgIpc) is 2.33. The van der Waals surface area contributed by atoms with E-state index in [0.29, 0.717) is 17.0 Å². The van der Waals surface area contributed by atoms with Crippen molar-refractivity contribution >= 4 is 21.6 Å². The molecule has 1 aliphatic heterocycles. The van der Waals surface area contributed by atoms with E-state index in [1.54, 1.807) is 39.0 Å². The van der Waals surface area contributed by atoms with Crippen molar-refractivity contribution in [3.05, 3.63) is 23.8 Å². The zero-order valence-electron chi connectivity index (χ0n) is 13.7. The van der Waals surface area contributed by atoms with Crippen LogP contribution in [0.25, 0.3) is 0 Å². The standard InChI is InChI=1S/C16H23NO4S/c1-15(2,3)21-14(18)17-11-6-7-13-12(10-11)16(4,5)8-9-22(13,19)20/h6-7,10H,8-9H2,1-5H3,(H,17,18). The van der Waals surface area contributed by atoms with Gasteiger partial charge in [-0.15, -0.1) is 0 Å². The number of sulfone groups is 1. The molecule has 1 heterocycles. The number of fused-ring (bicyclic) bond motifs is 1. The summed E-state index contributed by atoms with van der Waals surface area (Å²) in [5.41, 5.74) is 0.457. The summed E-state index contributed by atoms with van der Waals surface area (Å²) < 4.78 is 29.6. The van der Waals surface area contributed by atoms with Crippen LogP contribution in [-0.2, 0) is 20.0 Å². The van der Waals surface area contributed by atoms with Crippen molar-refractivity contribution in [1.82, 2.24) is 0 Å². The molecule has 1 amide bonds. The first kappa shape index (κ1) is 16.8. The van der Waals surface area contributed by atoms with Crippen molar-refractivity contribution in [2.45, 2.75) is 57.0 Å². The SMILES string of the molecule is CC(C)(C)OC(=O)Nc1ccc2c(c1)C(C)(C)CCS2(=O)=O. The summed E-state index contributed by atoms with van der Waals surface area (Å²) >= 11 is 0. The van der Waals surface area contributed by atoms with Crippen molar-refractivity contribution < 1.29 is 17.9 Å². The van der Waals surface area contributed by atoms with Crippen LogP contribution in [0.3, 0.4) is 0 Å². The normalized spacial score (nSPS) is 19.1. The first-order chi connectivity index (χ1) is 9.91.